The van der Waals surface area contributed by atoms with Gasteiger partial charge in [0.2, 0.25) is 0 Å². The Morgan fingerprint density at radius 2 is 2.22 bits per heavy atom. The van der Waals surface area contributed by atoms with Crippen molar-refractivity contribution in [2.24, 2.45) is 5.92 Å². The van der Waals surface area contributed by atoms with Crippen LogP contribution in [-0.2, 0) is 0 Å². The molecule has 0 bridgehead atoms. The molecule has 0 heteroatoms. The molecule has 0 aromatic carbocycles. The minimum Gasteiger partial charge on any atom is -0.0856 e. The maximum absolute atomic E-state index is 2.39. The first-order chi connectivity index (χ1) is 4.29. The molecule has 1 rings (SSSR count). The lowest BCUT2D eigenvalue weighted by atomic mass is 10.0. The average molecular weight is 124 g/mol. The molecule has 0 nitrogen and oxygen atoms in total. The molecule has 0 spiro atoms. The lowest BCUT2D eigenvalue weighted by molar-refractivity contribution is 0.510. The molecule has 0 unspecified atom stereocenters. The molecular weight excluding hydrogens is 108 g/mol. The van der Waals surface area contributed by atoms with Crippen molar-refractivity contribution < 1.29 is 0 Å². The highest BCUT2D eigenvalue weighted by Gasteiger charge is 2.04. The summed E-state index contributed by atoms with van der Waals surface area (Å²) < 4.78 is 0. The lowest BCUT2D eigenvalue weighted by Gasteiger charge is -2.04. The van der Waals surface area contributed by atoms with Crippen LogP contribution in [0.15, 0.2) is 11.6 Å². The Morgan fingerprint density at radius 1 is 1.44 bits per heavy atom. The first-order valence-electron chi connectivity index (χ1n) is 3.94. The topological polar surface area (TPSA) is 0 Å². The van der Waals surface area contributed by atoms with Gasteiger partial charge in [0.25, 0.3) is 0 Å². The van der Waals surface area contributed by atoms with Crippen LogP contribution in [0.4, 0.5) is 0 Å². The van der Waals surface area contributed by atoms with Crippen LogP contribution < -0.4 is 0 Å². The Kier molecular flexibility index (Phi) is 2.32. The molecule has 0 fully saturated rings. The van der Waals surface area contributed by atoms with Crippen LogP contribution in [0.25, 0.3) is 0 Å². The molecule has 0 saturated heterocycles. The standard InChI is InChI=1S/C9H16/c1-8-4-3-5-9(2)7-6-8/h4,9H,3,5-7H2,1-2H3/t9-/m1/s1. The van der Waals surface area contributed by atoms with Gasteiger partial charge < -0.3 is 0 Å². The number of hydrogen-bond donors (Lipinski definition) is 0. The highest BCUT2D eigenvalue weighted by Crippen LogP contribution is 2.21. The van der Waals surface area contributed by atoms with Crippen LogP contribution >= 0.6 is 0 Å². The molecule has 1 aliphatic rings. The van der Waals surface area contributed by atoms with Gasteiger partial charge in [-0.3, -0.25) is 0 Å². The van der Waals surface area contributed by atoms with Gasteiger partial charge in [0.15, 0.2) is 0 Å². The first kappa shape index (κ1) is 6.85. The summed E-state index contributed by atoms with van der Waals surface area (Å²) in [6.45, 7) is 4.60. The summed E-state index contributed by atoms with van der Waals surface area (Å²) in [4.78, 5) is 0. The molecule has 0 amide bonds. The molecular formula is C9H16. The van der Waals surface area contributed by atoms with Crippen molar-refractivity contribution in [2.45, 2.75) is 39.5 Å². The second-order valence-electron chi connectivity index (χ2n) is 3.27. The van der Waals surface area contributed by atoms with Crippen LogP contribution in [0.2, 0.25) is 0 Å². The van der Waals surface area contributed by atoms with E-state index in [4.69, 9.17) is 0 Å². The fourth-order valence-corrected chi connectivity index (χ4v) is 1.33. The zero-order valence-corrected chi connectivity index (χ0v) is 6.48. The highest BCUT2D eigenvalue weighted by atomic mass is 14.1. The Bertz CT molecular complexity index is 111. The molecule has 9 heavy (non-hydrogen) atoms. The third kappa shape index (κ3) is 2.21. The SMILES string of the molecule is CC1=CCC[C@@H](C)CC1. The van der Waals surface area contributed by atoms with Crippen molar-refractivity contribution in [1.82, 2.24) is 0 Å². The van der Waals surface area contributed by atoms with E-state index < -0.39 is 0 Å². The predicted molar refractivity (Wildman–Crippen MR) is 41.4 cm³/mol. The summed E-state index contributed by atoms with van der Waals surface area (Å²) in [6.07, 6.45) is 7.84. The van der Waals surface area contributed by atoms with Gasteiger partial charge in [-0.25, -0.2) is 0 Å². The third-order valence-electron chi connectivity index (χ3n) is 2.18. The lowest BCUT2D eigenvalue weighted by Crippen LogP contribution is -1.89. The van der Waals surface area contributed by atoms with Gasteiger partial charge in [-0.15, -0.1) is 0 Å². The van der Waals surface area contributed by atoms with E-state index >= 15 is 0 Å². The van der Waals surface area contributed by atoms with Crippen LogP contribution in [0.5, 0.6) is 0 Å². The van der Waals surface area contributed by atoms with E-state index in [2.05, 4.69) is 19.9 Å². The van der Waals surface area contributed by atoms with E-state index in [0.717, 1.165) is 5.92 Å². The predicted octanol–water partition coefficient (Wildman–Crippen LogP) is 3.14. The first-order valence-corrected chi connectivity index (χ1v) is 3.94. The summed E-state index contributed by atoms with van der Waals surface area (Å²) in [5, 5.41) is 0. The van der Waals surface area contributed by atoms with Crippen LogP contribution in [0.1, 0.15) is 39.5 Å². The van der Waals surface area contributed by atoms with Crippen molar-refractivity contribution in [3.63, 3.8) is 0 Å². The Morgan fingerprint density at radius 3 is 3.00 bits per heavy atom. The fraction of sp³-hybridized carbons (Fsp3) is 0.778. The minimum absolute atomic E-state index is 0.957. The van der Waals surface area contributed by atoms with Gasteiger partial charge >= 0.3 is 0 Å². The Balaban J connectivity index is 2.39. The Labute approximate surface area is 58.0 Å². The third-order valence-corrected chi connectivity index (χ3v) is 2.18. The molecule has 0 radical (unpaired) electrons. The smallest absolute Gasteiger partial charge is 0.0321 e. The summed E-state index contributed by atoms with van der Waals surface area (Å²) in [6, 6.07) is 0. The van der Waals surface area contributed by atoms with Crippen molar-refractivity contribution >= 4 is 0 Å². The van der Waals surface area contributed by atoms with E-state index in [9.17, 15) is 0 Å². The summed E-state index contributed by atoms with van der Waals surface area (Å²) in [7, 11) is 0. The number of rotatable bonds is 0. The van der Waals surface area contributed by atoms with Gasteiger partial charge in [0.05, 0.1) is 0 Å². The highest BCUT2D eigenvalue weighted by molar-refractivity contribution is 4.99. The van der Waals surface area contributed by atoms with Gasteiger partial charge in [-0.2, -0.15) is 0 Å². The molecule has 0 aromatic rings. The van der Waals surface area contributed by atoms with E-state index in [1.807, 2.05) is 0 Å². The van der Waals surface area contributed by atoms with Gasteiger partial charge in [0.1, 0.15) is 0 Å². The van der Waals surface area contributed by atoms with Crippen LogP contribution in [-0.4, -0.2) is 0 Å². The molecule has 1 atom stereocenters. The molecule has 0 N–H and O–H groups in total. The molecule has 0 heterocycles. The quantitative estimate of drug-likeness (QED) is 0.435. The summed E-state index contributed by atoms with van der Waals surface area (Å²) in [5.41, 5.74) is 1.60. The van der Waals surface area contributed by atoms with Gasteiger partial charge in [0, 0.05) is 0 Å². The maximum Gasteiger partial charge on any atom is -0.0321 e. The van der Waals surface area contributed by atoms with E-state index in [-0.39, 0.29) is 0 Å². The summed E-state index contributed by atoms with van der Waals surface area (Å²) in [5.74, 6) is 0.957. The number of allylic oxidation sites excluding steroid dienone is 2. The zero-order chi connectivity index (χ0) is 6.69. The van der Waals surface area contributed by atoms with Gasteiger partial charge in [-0.05, 0) is 38.5 Å². The molecule has 0 aromatic heterocycles. The van der Waals surface area contributed by atoms with Crippen molar-refractivity contribution in [1.29, 1.82) is 0 Å². The van der Waals surface area contributed by atoms with E-state index in [1.165, 1.54) is 25.7 Å². The average Bonchev–Trinajstić information content (AvgIpc) is 1.97. The van der Waals surface area contributed by atoms with Crippen LogP contribution in [0, 0.1) is 5.92 Å². The fourth-order valence-electron chi connectivity index (χ4n) is 1.33. The van der Waals surface area contributed by atoms with E-state index in [1.54, 1.807) is 5.57 Å². The van der Waals surface area contributed by atoms with Crippen molar-refractivity contribution in [2.75, 3.05) is 0 Å². The second kappa shape index (κ2) is 3.05. The zero-order valence-electron chi connectivity index (χ0n) is 6.48. The molecule has 52 valence electrons. The largest absolute Gasteiger partial charge is 0.0856 e. The number of hydrogen-bond acceptors (Lipinski definition) is 0. The normalized spacial score (nSPS) is 29.1. The van der Waals surface area contributed by atoms with Crippen molar-refractivity contribution in [3.8, 4) is 0 Å². The van der Waals surface area contributed by atoms with E-state index in [0.29, 0.717) is 0 Å². The second-order valence-corrected chi connectivity index (χ2v) is 3.27. The Hall–Kier alpha value is -0.260. The maximum atomic E-state index is 2.39. The molecule has 0 saturated carbocycles. The molecule has 0 aliphatic heterocycles. The minimum atomic E-state index is 0.957. The summed E-state index contributed by atoms with van der Waals surface area (Å²) >= 11 is 0. The van der Waals surface area contributed by atoms with Crippen molar-refractivity contribution in [3.05, 3.63) is 11.6 Å². The van der Waals surface area contributed by atoms with Crippen LogP contribution in [0.3, 0.4) is 0 Å². The van der Waals surface area contributed by atoms with Gasteiger partial charge in [-0.1, -0.05) is 18.6 Å². The molecule has 1 aliphatic carbocycles. The monoisotopic (exact) mass is 124 g/mol.